The first-order chi connectivity index (χ1) is 9.62. The second-order valence-corrected chi connectivity index (χ2v) is 37.7. The van der Waals surface area contributed by atoms with Gasteiger partial charge in [0.1, 0.15) is 0 Å². The Hall–Kier alpha value is 2.48. The molecule has 0 amide bonds. The third-order valence-corrected chi connectivity index (χ3v) is 15.3. The van der Waals surface area contributed by atoms with Crippen LogP contribution in [0.2, 0.25) is 10.6 Å². The predicted octanol–water partition coefficient (Wildman–Crippen LogP) is 8.09. The van der Waals surface area contributed by atoms with Crippen LogP contribution in [0.15, 0.2) is 0 Å². The average Bonchev–Trinajstić information content (AvgIpc) is 2.37. The maximum atomic E-state index is 6.59. The van der Waals surface area contributed by atoms with Crippen molar-refractivity contribution in [1.82, 2.24) is 0 Å². The molecule has 0 N–H and O–H groups in total. The van der Waals surface area contributed by atoms with Crippen LogP contribution in [0.3, 0.4) is 0 Å². The van der Waals surface area contributed by atoms with Crippen LogP contribution in [0.5, 0.6) is 0 Å². The molecule has 0 bridgehead atoms. The van der Waals surface area contributed by atoms with Crippen LogP contribution in [-0.4, -0.2) is 31.0 Å². The minimum atomic E-state index is -4.46. The normalized spacial score (nSPS) is 15.0. The van der Waals surface area contributed by atoms with Gasteiger partial charge in [0.05, 0.1) is 0 Å². The first kappa shape index (κ1) is 26.7. The molecule has 0 aliphatic heterocycles. The van der Waals surface area contributed by atoms with E-state index in [4.69, 9.17) is 40.4 Å². The Morgan fingerprint density at radius 1 is 0.500 bits per heavy atom. The van der Waals surface area contributed by atoms with Gasteiger partial charge in [-0.05, 0) is 0 Å². The van der Waals surface area contributed by atoms with Gasteiger partial charge in [0.15, 0.2) is 0 Å². The first-order valence-corrected chi connectivity index (χ1v) is 20.0. The topological polar surface area (TPSA) is 0 Å². The third-order valence-electron chi connectivity index (χ3n) is 3.90. The van der Waals surface area contributed by atoms with Crippen LogP contribution >= 0.6 is 40.4 Å². The Kier molecular flexibility index (Phi) is 14.5. The minimum absolute atomic E-state index is 0. The molecule has 0 aromatic rings. The Morgan fingerprint density at radius 3 is 1.09 bits per heavy atom. The molecular formula is C16H36Cl4SeSn. The Balaban J connectivity index is 0. The van der Waals surface area contributed by atoms with E-state index in [-0.39, 0.29) is 23.9 Å². The summed E-state index contributed by atoms with van der Waals surface area (Å²) in [6, 6.07) is 0. The van der Waals surface area contributed by atoms with Gasteiger partial charge in [-0.2, -0.15) is 0 Å². The Morgan fingerprint density at radius 2 is 0.773 bits per heavy atom. The summed E-state index contributed by atoms with van der Waals surface area (Å²) in [5.41, 5.74) is 0. The molecule has 0 fully saturated rings. The molecule has 0 spiro atoms. The molecule has 22 heavy (non-hydrogen) atoms. The van der Waals surface area contributed by atoms with E-state index in [9.17, 15) is 0 Å². The molecule has 0 atom stereocenters. The number of unbranched alkanes of at least 4 members (excludes halogenated alkanes) is 10. The van der Waals surface area contributed by atoms with Crippen LogP contribution in [0.25, 0.3) is 0 Å². The number of hydrogen-bond acceptors (Lipinski definition) is 0. The molecule has 0 aliphatic carbocycles. The van der Waals surface area contributed by atoms with Crippen molar-refractivity contribution in [2.45, 2.75) is 102 Å². The first-order valence-electron chi connectivity index (χ1n) is 8.61. The fraction of sp³-hybridized carbons (Fsp3) is 1.00. The van der Waals surface area contributed by atoms with Gasteiger partial charge in [-0.15, -0.1) is 0 Å². The molecule has 0 heterocycles. The zero-order valence-corrected chi connectivity index (χ0v) is 23.3. The summed E-state index contributed by atoms with van der Waals surface area (Å²) in [6.45, 7) is 4.44. The van der Waals surface area contributed by atoms with Crippen molar-refractivity contribution in [1.29, 1.82) is 0 Å². The summed E-state index contributed by atoms with van der Waals surface area (Å²) in [4.78, 5) is 0. The van der Waals surface area contributed by atoms with E-state index in [1.54, 1.807) is 0 Å². The molecular weight excluding hydrogens is 532 g/mol. The van der Waals surface area contributed by atoms with Crippen LogP contribution < -0.4 is 0 Å². The van der Waals surface area contributed by atoms with E-state index in [0.29, 0.717) is 10.6 Å². The zero-order chi connectivity index (χ0) is 16.3. The Bertz CT molecular complexity index is 254. The van der Waals surface area contributed by atoms with Gasteiger partial charge >= 0.3 is 173 Å². The van der Waals surface area contributed by atoms with Crippen molar-refractivity contribution < 1.29 is 0 Å². The number of halogens is 4. The summed E-state index contributed by atoms with van der Waals surface area (Å²) in [5, 5.41) is 1.20. The van der Waals surface area contributed by atoms with Crippen LogP contribution in [0.4, 0.5) is 0 Å². The molecule has 0 aromatic carbocycles. The molecule has 0 aliphatic rings. The monoisotopic (exact) mass is 568 g/mol. The van der Waals surface area contributed by atoms with Crippen molar-refractivity contribution in [3.8, 4) is 0 Å². The number of hydrogen-bond donors (Lipinski definition) is 0. The summed E-state index contributed by atoms with van der Waals surface area (Å²) >= 11 is 0. The van der Waals surface area contributed by atoms with Crippen LogP contribution in [0, 0.1) is 0 Å². The third kappa shape index (κ3) is 17.3. The van der Waals surface area contributed by atoms with Crippen molar-refractivity contribution in [2.24, 2.45) is 0 Å². The van der Waals surface area contributed by atoms with Gasteiger partial charge in [0.25, 0.3) is 0 Å². The van der Waals surface area contributed by atoms with E-state index in [0.717, 1.165) is 25.7 Å². The van der Waals surface area contributed by atoms with Crippen LogP contribution in [-0.2, 0) is 0 Å². The summed E-state index contributed by atoms with van der Waals surface area (Å²) < 4.78 is 0. The number of rotatable bonds is 14. The van der Waals surface area contributed by atoms with Gasteiger partial charge in [-0.1, -0.05) is 0 Å². The fourth-order valence-corrected chi connectivity index (χ4v) is 11.0. The predicted molar refractivity (Wildman–Crippen MR) is 114 cm³/mol. The van der Waals surface area contributed by atoms with E-state index in [1.165, 1.54) is 51.4 Å². The molecule has 0 unspecified atom stereocenters. The van der Waals surface area contributed by atoms with E-state index in [2.05, 4.69) is 13.8 Å². The van der Waals surface area contributed by atoms with E-state index >= 15 is 0 Å². The van der Waals surface area contributed by atoms with Crippen molar-refractivity contribution in [3.63, 3.8) is 0 Å². The SMILES string of the molecule is CCCCCCCC[Se](Cl)(Cl)(Cl)(Cl)CCCCCCCC.[SnH2]. The molecule has 6 heteroatoms. The summed E-state index contributed by atoms with van der Waals surface area (Å²) in [6.07, 6.45) is 14.3. The van der Waals surface area contributed by atoms with Gasteiger partial charge in [0.2, 0.25) is 0 Å². The summed E-state index contributed by atoms with van der Waals surface area (Å²) in [7, 11) is 21.9. The quantitative estimate of drug-likeness (QED) is 0.147. The average molecular weight is 568 g/mol. The van der Waals surface area contributed by atoms with Crippen molar-refractivity contribution in [2.75, 3.05) is 0 Å². The molecule has 0 saturated heterocycles. The summed E-state index contributed by atoms with van der Waals surface area (Å²) in [5.74, 6) is 0. The Labute approximate surface area is 171 Å². The molecule has 0 rings (SSSR count). The molecule has 0 nitrogen and oxygen atoms in total. The van der Waals surface area contributed by atoms with E-state index in [1.807, 2.05) is 0 Å². The zero-order valence-electron chi connectivity index (χ0n) is 14.5. The standard InChI is InChI=1S/C16H34Cl4Se.Sn.2H/c1-3-5-7-9-11-13-15-21(17,18,19,20)16-14-12-10-8-6-4-2;;;/h3-16H2,1-2H3;;;. The van der Waals surface area contributed by atoms with Gasteiger partial charge in [-0.3, -0.25) is 0 Å². The van der Waals surface area contributed by atoms with Crippen molar-refractivity contribution >= 4 is 71.4 Å². The second kappa shape index (κ2) is 12.0. The van der Waals surface area contributed by atoms with Crippen LogP contribution in [0.1, 0.15) is 90.9 Å². The maximum absolute atomic E-state index is 6.59. The molecule has 138 valence electrons. The molecule has 0 aromatic heterocycles. The fourth-order valence-electron chi connectivity index (χ4n) is 2.51. The van der Waals surface area contributed by atoms with Gasteiger partial charge in [-0.25, -0.2) is 0 Å². The van der Waals surface area contributed by atoms with Gasteiger partial charge < -0.3 is 0 Å². The second-order valence-electron chi connectivity index (χ2n) is 6.37. The van der Waals surface area contributed by atoms with E-state index < -0.39 is 7.09 Å². The molecule has 0 saturated carbocycles. The van der Waals surface area contributed by atoms with Gasteiger partial charge in [0, 0.05) is 0 Å². The molecule has 2 radical (unpaired) electrons. The van der Waals surface area contributed by atoms with Crippen molar-refractivity contribution in [3.05, 3.63) is 0 Å².